The second kappa shape index (κ2) is 6.78. The number of sulfonamides is 1. The van der Waals surface area contributed by atoms with Crippen LogP contribution in [0, 0.1) is 17.8 Å². The lowest BCUT2D eigenvalue weighted by Gasteiger charge is -2.23. The predicted molar refractivity (Wildman–Crippen MR) is 79.0 cm³/mol. The van der Waals surface area contributed by atoms with E-state index in [2.05, 4.69) is 0 Å². The van der Waals surface area contributed by atoms with Crippen LogP contribution in [-0.4, -0.2) is 61.9 Å². The Morgan fingerprint density at radius 1 is 1.18 bits per heavy atom. The minimum Gasteiger partial charge on any atom is -0.341 e. The van der Waals surface area contributed by atoms with Crippen LogP contribution in [0.15, 0.2) is 0 Å². The Balaban J connectivity index is 1.91. The van der Waals surface area contributed by atoms with Gasteiger partial charge < -0.3 is 4.90 Å². The van der Waals surface area contributed by atoms with Crippen molar-refractivity contribution in [1.29, 1.82) is 0 Å². The number of alkyl halides is 2. The summed E-state index contributed by atoms with van der Waals surface area (Å²) in [4.78, 5) is 13.7. The van der Waals surface area contributed by atoms with Crippen molar-refractivity contribution in [3.63, 3.8) is 0 Å². The second-order valence-corrected chi connectivity index (χ2v) is 8.52. The van der Waals surface area contributed by atoms with E-state index in [0.717, 1.165) is 0 Å². The maximum atomic E-state index is 12.5. The lowest BCUT2D eigenvalue weighted by Crippen LogP contribution is -2.39. The summed E-state index contributed by atoms with van der Waals surface area (Å²) in [6.45, 7) is 5.17. The van der Waals surface area contributed by atoms with E-state index >= 15 is 0 Å². The van der Waals surface area contributed by atoms with Crippen molar-refractivity contribution in [2.45, 2.75) is 33.1 Å². The third-order valence-corrected chi connectivity index (χ3v) is 6.38. The largest absolute Gasteiger partial charge is 0.341 e. The molecule has 8 heteroatoms. The van der Waals surface area contributed by atoms with Gasteiger partial charge in [-0.3, -0.25) is 4.79 Å². The molecule has 2 aliphatic rings. The van der Waals surface area contributed by atoms with Crippen LogP contribution in [0.25, 0.3) is 0 Å². The fraction of sp³-hybridized carbons (Fsp3) is 0.929. The summed E-state index contributed by atoms with van der Waals surface area (Å²) in [5, 5.41) is 0. The van der Waals surface area contributed by atoms with Crippen molar-refractivity contribution in [3.8, 4) is 0 Å². The Morgan fingerprint density at radius 2 is 1.86 bits per heavy atom. The van der Waals surface area contributed by atoms with E-state index < -0.39 is 28.3 Å². The van der Waals surface area contributed by atoms with Crippen LogP contribution in [-0.2, 0) is 14.8 Å². The molecule has 2 rings (SSSR count). The molecule has 0 N–H and O–H groups in total. The lowest BCUT2D eigenvalue weighted by atomic mass is 10.2. The first kappa shape index (κ1) is 17.6. The molecule has 0 bridgehead atoms. The molecule has 0 aromatic heterocycles. The third-order valence-electron chi connectivity index (χ3n) is 4.38. The highest BCUT2D eigenvalue weighted by Gasteiger charge is 2.47. The zero-order valence-electron chi connectivity index (χ0n) is 13.0. The fourth-order valence-electron chi connectivity index (χ4n) is 2.90. The molecule has 0 aromatic rings. The lowest BCUT2D eigenvalue weighted by molar-refractivity contribution is -0.134. The summed E-state index contributed by atoms with van der Waals surface area (Å²) >= 11 is 0. The maximum Gasteiger partial charge on any atom is 0.241 e. The smallest absolute Gasteiger partial charge is 0.241 e. The summed E-state index contributed by atoms with van der Waals surface area (Å²) in [5.41, 5.74) is 0. The van der Waals surface area contributed by atoms with Crippen LogP contribution in [0.1, 0.15) is 26.7 Å². The van der Waals surface area contributed by atoms with Gasteiger partial charge >= 0.3 is 0 Å². The number of nitrogens with zero attached hydrogens (tertiary/aromatic N) is 2. The number of hydrogen-bond donors (Lipinski definition) is 0. The molecule has 2 atom stereocenters. The van der Waals surface area contributed by atoms with Crippen LogP contribution < -0.4 is 0 Å². The molecule has 1 aliphatic heterocycles. The molecule has 128 valence electrons. The highest BCUT2D eigenvalue weighted by molar-refractivity contribution is 7.89. The van der Waals surface area contributed by atoms with Gasteiger partial charge in [-0.25, -0.2) is 21.5 Å². The second-order valence-electron chi connectivity index (χ2n) is 6.51. The summed E-state index contributed by atoms with van der Waals surface area (Å²) in [7, 11) is -3.52. The molecule has 22 heavy (non-hydrogen) atoms. The van der Waals surface area contributed by atoms with E-state index in [4.69, 9.17) is 0 Å². The van der Waals surface area contributed by atoms with Gasteiger partial charge in [-0.15, -0.1) is 0 Å². The molecule has 1 saturated heterocycles. The fourth-order valence-corrected chi connectivity index (χ4v) is 4.81. The van der Waals surface area contributed by atoms with Crippen LogP contribution >= 0.6 is 0 Å². The van der Waals surface area contributed by atoms with E-state index in [1.54, 1.807) is 4.90 Å². The van der Waals surface area contributed by atoms with E-state index in [1.165, 1.54) is 4.31 Å². The van der Waals surface area contributed by atoms with Crippen LogP contribution in [0.4, 0.5) is 8.78 Å². The van der Waals surface area contributed by atoms with Gasteiger partial charge in [0.05, 0.1) is 5.75 Å². The number of hydrogen-bond acceptors (Lipinski definition) is 3. The molecule has 1 aliphatic carbocycles. The number of halogens is 2. The Hall–Kier alpha value is -0.760. The van der Waals surface area contributed by atoms with E-state index in [9.17, 15) is 22.0 Å². The summed E-state index contributed by atoms with van der Waals surface area (Å²) in [6.07, 6.45) is -1.55. The van der Waals surface area contributed by atoms with Crippen LogP contribution in [0.5, 0.6) is 0 Å². The average molecular weight is 338 g/mol. The number of carbonyl (C=O) groups excluding carboxylic acids is 1. The van der Waals surface area contributed by atoms with Gasteiger partial charge in [0, 0.05) is 38.0 Å². The highest BCUT2D eigenvalue weighted by Crippen LogP contribution is 2.44. The number of rotatable bonds is 5. The van der Waals surface area contributed by atoms with Gasteiger partial charge in [0.25, 0.3) is 0 Å². The van der Waals surface area contributed by atoms with Crippen molar-refractivity contribution >= 4 is 15.9 Å². The third kappa shape index (κ3) is 4.16. The van der Waals surface area contributed by atoms with Gasteiger partial charge in [-0.2, -0.15) is 0 Å². The summed E-state index contributed by atoms with van der Waals surface area (Å²) in [6, 6.07) is 0. The van der Waals surface area contributed by atoms with Crippen molar-refractivity contribution < 1.29 is 22.0 Å². The monoisotopic (exact) mass is 338 g/mol. The van der Waals surface area contributed by atoms with Crippen molar-refractivity contribution in [2.75, 3.05) is 31.9 Å². The summed E-state index contributed by atoms with van der Waals surface area (Å²) < 4.78 is 51.1. The van der Waals surface area contributed by atoms with Crippen molar-refractivity contribution in [1.82, 2.24) is 9.21 Å². The zero-order chi connectivity index (χ0) is 16.5. The molecule has 1 saturated carbocycles. The normalized spacial score (nSPS) is 27.3. The number of amides is 1. The molecular formula is C14H24F2N2O3S. The average Bonchev–Trinajstić information content (AvgIpc) is 3.19. The molecule has 0 spiro atoms. The van der Waals surface area contributed by atoms with E-state index in [-0.39, 0.29) is 24.1 Å². The predicted octanol–water partition coefficient (Wildman–Crippen LogP) is 1.41. The molecule has 1 amide bonds. The zero-order valence-corrected chi connectivity index (χ0v) is 13.9. The van der Waals surface area contributed by atoms with Gasteiger partial charge in [-0.1, -0.05) is 13.8 Å². The van der Waals surface area contributed by atoms with Gasteiger partial charge in [0.1, 0.15) is 0 Å². The Morgan fingerprint density at radius 3 is 2.41 bits per heavy atom. The van der Waals surface area contributed by atoms with Crippen molar-refractivity contribution in [2.24, 2.45) is 17.8 Å². The quantitative estimate of drug-likeness (QED) is 0.761. The van der Waals surface area contributed by atoms with Crippen LogP contribution in [0.2, 0.25) is 0 Å². The molecular weight excluding hydrogens is 314 g/mol. The molecule has 0 unspecified atom stereocenters. The Bertz CT molecular complexity index is 510. The first-order chi connectivity index (χ1) is 10.2. The topological polar surface area (TPSA) is 57.7 Å². The SMILES string of the molecule is CC(C)C(=O)N1CCCN(S(=O)(=O)C[C@@H]2C[C@H]2C(F)F)CC1. The van der Waals surface area contributed by atoms with Gasteiger partial charge in [0.2, 0.25) is 22.4 Å². The molecule has 0 aromatic carbocycles. The first-order valence-corrected chi connectivity index (χ1v) is 9.38. The molecule has 1 heterocycles. The number of carbonyl (C=O) groups is 1. The summed E-state index contributed by atoms with van der Waals surface area (Å²) in [5.74, 6) is -1.46. The highest BCUT2D eigenvalue weighted by atomic mass is 32.2. The molecule has 2 fully saturated rings. The first-order valence-electron chi connectivity index (χ1n) is 7.77. The van der Waals surface area contributed by atoms with Gasteiger partial charge in [-0.05, 0) is 18.8 Å². The standard InChI is InChI=1S/C14H24F2N2O3S/c1-10(2)14(19)17-4-3-5-18(7-6-17)22(20,21)9-11-8-12(11)13(15)16/h10-13H,3-9H2,1-2H3/t11-,12+/m0/s1. The van der Waals surface area contributed by atoms with Gasteiger partial charge in [0.15, 0.2) is 0 Å². The van der Waals surface area contributed by atoms with Crippen LogP contribution in [0.3, 0.4) is 0 Å². The van der Waals surface area contributed by atoms with Crippen molar-refractivity contribution in [3.05, 3.63) is 0 Å². The Labute approximate surface area is 130 Å². The van der Waals surface area contributed by atoms with E-state index in [1.807, 2.05) is 13.8 Å². The minimum atomic E-state index is -3.52. The molecule has 0 radical (unpaired) electrons. The van der Waals surface area contributed by atoms with E-state index in [0.29, 0.717) is 32.5 Å². The maximum absolute atomic E-state index is 12.5. The minimum absolute atomic E-state index is 0.0270. The Kier molecular flexibility index (Phi) is 5.42. The molecule has 5 nitrogen and oxygen atoms in total.